The molecule has 3 heteroatoms. The fraction of sp³-hybridized carbons (Fsp3) is 0.600. The minimum Gasteiger partial charge on any atom is -0.141 e. The SMILES string of the molecule is CC/C=C/[Si](C)(Cl)Cl. The topological polar surface area (TPSA) is 0 Å². The highest BCUT2D eigenvalue weighted by Crippen LogP contribution is 2.14. The number of hydrogen-bond acceptors (Lipinski definition) is 0. The Morgan fingerprint density at radius 2 is 2.00 bits per heavy atom. The molecule has 0 aliphatic carbocycles. The van der Waals surface area contributed by atoms with E-state index in [1.807, 2.05) is 18.3 Å². The highest BCUT2D eigenvalue weighted by molar-refractivity contribution is 7.47. The molecule has 0 unspecified atom stereocenters. The first-order valence-corrected chi connectivity index (χ1v) is 7.22. The Morgan fingerprint density at radius 1 is 1.50 bits per heavy atom. The van der Waals surface area contributed by atoms with E-state index in [1.54, 1.807) is 0 Å². The fourth-order valence-electron chi connectivity index (χ4n) is 0.325. The maximum atomic E-state index is 5.73. The van der Waals surface area contributed by atoms with Crippen molar-refractivity contribution in [3.05, 3.63) is 11.8 Å². The highest BCUT2D eigenvalue weighted by atomic mass is 35.7. The van der Waals surface area contributed by atoms with Crippen LogP contribution in [0.1, 0.15) is 13.3 Å². The van der Waals surface area contributed by atoms with Gasteiger partial charge >= 0.3 is 0 Å². The second-order valence-electron chi connectivity index (χ2n) is 1.77. The van der Waals surface area contributed by atoms with E-state index in [4.69, 9.17) is 22.2 Å². The van der Waals surface area contributed by atoms with Gasteiger partial charge in [0.2, 0.25) is 0 Å². The molecule has 0 saturated heterocycles. The summed E-state index contributed by atoms with van der Waals surface area (Å²) in [7, 11) is 0. The summed E-state index contributed by atoms with van der Waals surface area (Å²) in [5.41, 5.74) is 1.91. The van der Waals surface area contributed by atoms with Gasteiger partial charge in [0.1, 0.15) is 0 Å². The molecule has 0 spiro atoms. The largest absolute Gasteiger partial charge is 0.270 e. The molecule has 0 aliphatic heterocycles. The Bertz CT molecular complexity index is 82.9. The van der Waals surface area contributed by atoms with Gasteiger partial charge in [-0.05, 0) is 13.0 Å². The van der Waals surface area contributed by atoms with E-state index in [0.29, 0.717) is 0 Å². The first-order chi connectivity index (χ1) is 3.56. The van der Waals surface area contributed by atoms with Crippen molar-refractivity contribution in [2.75, 3.05) is 0 Å². The zero-order valence-corrected chi connectivity index (χ0v) is 7.63. The van der Waals surface area contributed by atoms with Crippen LogP contribution in [0.25, 0.3) is 0 Å². The van der Waals surface area contributed by atoms with Crippen LogP contribution in [0.2, 0.25) is 6.55 Å². The van der Waals surface area contributed by atoms with Crippen LogP contribution in [0.3, 0.4) is 0 Å². The fourth-order valence-corrected chi connectivity index (χ4v) is 1.51. The summed E-state index contributed by atoms with van der Waals surface area (Å²) in [4.78, 5) is 0. The van der Waals surface area contributed by atoms with Crippen LogP contribution in [0, 0.1) is 0 Å². The van der Waals surface area contributed by atoms with Crippen LogP contribution in [0.15, 0.2) is 11.8 Å². The molecule has 0 bridgehead atoms. The lowest BCUT2D eigenvalue weighted by atomic mass is 10.5. The lowest BCUT2D eigenvalue weighted by Crippen LogP contribution is -2.06. The number of halogens is 2. The summed E-state index contributed by atoms with van der Waals surface area (Å²) in [6.07, 6.45) is 3.02. The molecule has 0 aromatic carbocycles. The Balaban J connectivity index is 3.52. The van der Waals surface area contributed by atoms with Gasteiger partial charge in [-0.25, -0.2) is 0 Å². The van der Waals surface area contributed by atoms with Crippen molar-refractivity contribution in [2.45, 2.75) is 19.9 Å². The van der Waals surface area contributed by atoms with Gasteiger partial charge in [0.05, 0.1) is 0 Å². The smallest absolute Gasteiger partial charge is 0.141 e. The lowest BCUT2D eigenvalue weighted by Gasteiger charge is -1.99. The first-order valence-electron chi connectivity index (χ1n) is 2.62. The van der Waals surface area contributed by atoms with Crippen molar-refractivity contribution in [2.24, 2.45) is 0 Å². The monoisotopic (exact) mass is 168 g/mol. The molecular formula is C5H10Cl2Si. The van der Waals surface area contributed by atoms with Gasteiger partial charge in [0.15, 0.2) is 0 Å². The maximum Gasteiger partial charge on any atom is 0.270 e. The van der Waals surface area contributed by atoms with Crippen molar-refractivity contribution in [1.29, 1.82) is 0 Å². The van der Waals surface area contributed by atoms with Gasteiger partial charge in [-0.3, -0.25) is 0 Å². The Morgan fingerprint density at radius 3 is 2.12 bits per heavy atom. The third kappa shape index (κ3) is 6.54. The molecule has 0 rings (SSSR count). The first kappa shape index (κ1) is 8.54. The molecule has 0 aliphatic rings. The molecule has 0 heterocycles. The van der Waals surface area contributed by atoms with Crippen molar-refractivity contribution >= 4 is 28.9 Å². The van der Waals surface area contributed by atoms with Gasteiger partial charge < -0.3 is 0 Å². The molecule has 0 amide bonds. The minimum absolute atomic E-state index is 1.02. The maximum absolute atomic E-state index is 5.73. The molecule has 0 saturated carbocycles. The lowest BCUT2D eigenvalue weighted by molar-refractivity contribution is 1.23. The summed E-state index contributed by atoms with van der Waals surface area (Å²) in [6, 6.07) is 0. The predicted octanol–water partition coefficient (Wildman–Crippen LogP) is 3.04. The summed E-state index contributed by atoms with van der Waals surface area (Å²) < 4.78 is 0. The van der Waals surface area contributed by atoms with Crippen molar-refractivity contribution in [3.8, 4) is 0 Å². The molecule has 0 atom stereocenters. The second-order valence-corrected chi connectivity index (χ2v) is 9.30. The molecule has 0 radical (unpaired) electrons. The van der Waals surface area contributed by atoms with E-state index in [2.05, 4.69) is 6.92 Å². The molecule has 0 N–H and O–H groups in total. The van der Waals surface area contributed by atoms with Crippen LogP contribution in [-0.2, 0) is 0 Å². The van der Waals surface area contributed by atoms with Gasteiger partial charge in [-0.15, -0.1) is 22.2 Å². The van der Waals surface area contributed by atoms with Gasteiger partial charge in [0, 0.05) is 0 Å². The molecular weight excluding hydrogens is 159 g/mol. The molecule has 0 nitrogen and oxygen atoms in total. The molecule has 0 fully saturated rings. The van der Waals surface area contributed by atoms with E-state index < -0.39 is 6.69 Å². The second kappa shape index (κ2) is 3.54. The van der Waals surface area contributed by atoms with Gasteiger partial charge in [0.25, 0.3) is 6.69 Å². The average Bonchev–Trinajstić information content (AvgIpc) is 1.59. The zero-order valence-electron chi connectivity index (χ0n) is 5.12. The van der Waals surface area contributed by atoms with E-state index in [1.165, 1.54) is 0 Å². The summed E-state index contributed by atoms with van der Waals surface area (Å²) in [5.74, 6) is 0. The van der Waals surface area contributed by atoms with E-state index in [0.717, 1.165) is 6.42 Å². The Labute approximate surface area is 60.9 Å². The molecule has 0 aromatic heterocycles. The van der Waals surface area contributed by atoms with E-state index in [-0.39, 0.29) is 0 Å². The van der Waals surface area contributed by atoms with Crippen LogP contribution < -0.4 is 0 Å². The Kier molecular flexibility index (Phi) is 3.78. The third-order valence-corrected chi connectivity index (χ3v) is 2.22. The Hall–Kier alpha value is 0.537. The number of allylic oxidation sites excluding steroid dienone is 1. The number of rotatable bonds is 2. The number of hydrogen-bond donors (Lipinski definition) is 0. The minimum atomic E-state index is -1.91. The highest BCUT2D eigenvalue weighted by Gasteiger charge is 2.14. The summed E-state index contributed by atoms with van der Waals surface area (Å²) in [6.45, 7) is 2.02. The van der Waals surface area contributed by atoms with Crippen molar-refractivity contribution in [1.82, 2.24) is 0 Å². The van der Waals surface area contributed by atoms with Crippen molar-refractivity contribution < 1.29 is 0 Å². The standard InChI is InChI=1S/C5H10Cl2Si/c1-3-4-5-8(2,6)7/h4-5H,3H2,1-2H3/b5-4+. The van der Waals surface area contributed by atoms with E-state index in [9.17, 15) is 0 Å². The van der Waals surface area contributed by atoms with Crippen molar-refractivity contribution in [3.63, 3.8) is 0 Å². The average molecular weight is 169 g/mol. The third-order valence-electron chi connectivity index (χ3n) is 0.646. The van der Waals surface area contributed by atoms with Crippen LogP contribution in [0.5, 0.6) is 0 Å². The van der Waals surface area contributed by atoms with Gasteiger partial charge in [-0.2, -0.15) is 0 Å². The molecule has 48 valence electrons. The van der Waals surface area contributed by atoms with Gasteiger partial charge in [-0.1, -0.05) is 18.7 Å². The quantitative estimate of drug-likeness (QED) is 0.440. The van der Waals surface area contributed by atoms with Crippen LogP contribution >= 0.6 is 22.2 Å². The molecule has 8 heavy (non-hydrogen) atoms. The normalized spacial score (nSPS) is 13.0. The van der Waals surface area contributed by atoms with E-state index >= 15 is 0 Å². The summed E-state index contributed by atoms with van der Waals surface area (Å²) in [5, 5.41) is 0. The zero-order chi connectivity index (χ0) is 6.62. The predicted molar refractivity (Wildman–Crippen MR) is 42.8 cm³/mol. The summed E-state index contributed by atoms with van der Waals surface area (Å²) >= 11 is 11.5. The van der Waals surface area contributed by atoms with Crippen LogP contribution in [0.4, 0.5) is 0 Å². The molecule has 0 aromatic rings. The van der Waals surface area contributed by atoms with Crippen LogP contribution in [-0.4, -0.2) is 6.69 Å².